The molecule has 0 aromatic carbocycles. The Morgan fingerprint density at radius 2 is 2.17 bits per heavy atom. The fraction of sp³-hybridized carbons (Fsp3) is 0.583. The zero-order valence-corrected chi connectivity index (χ0v) is 11.1. The van der Waals surface area contributed by atoms with Crippen LogP contribution in [-0.4, -0.2) is 18.2 Å². The lowest BCUT2D eigenvalue weighted by Gasteiger charge is -2.14. The molecule has 0 amide bonds. The molecule has 18 heavy (non-hydrogen) atoms. The number of aromatic nitrogens is 1. The first-order chi connectivity index (χ1) is 8.58. The van der Waals surface area contributed by atoms with Crippen LogP contribution < -0.4 is 9.47 Å². The summed E-state index contributed by atoms with van der Waals surface area (Å²) in [6, 6.07) is 1.43. The van der Waals surface area contributed by atoms with Crippen molar-refractivity contribution in [3.8, 4) is 11.6 Å². The molecular formula is C12H16ClF2NO2. The molecule has 0 saturated heterocycles. The van der Waals surface area contributed by atoms with Crippen molar-refractivity contribution >= 4 is 11.6 Å². The van der Waals surface area contributed by atoms with E-state index in [-0.39, 0.29) is 17.5 Å². The van der Waals surface area contributed by atoms with Crippen molar-refractivity contribution in [2.24, 2.45) is 0 Å². The second-order valence-corrected chi connectivity index (χ2v) is 4.03. The van der Waals surface area contributed by atoms with Crippen LogP contribution in [0.5, 0.6) is 11.6 Å². The summed E-state index contributed by atoms with van der Waals surface area (Å²) in [4.78, 5) is 4.15. The van der Waals surface area contributed by atoms with Crippen molar-refractivity contribution in [1.29, 1.82) is 0 Å². The largest absolute Gasteiger partial charge is 0.477 e. The van der Waals surface area contributed by atoms with Gasteiger partial charge in [0, 0.05) is 11.8 Å². The van der Waals surface area contributed by atoms with Crippen LogP contribution in [0.25, 0.3) is 0 Å². The molecule has 0 aliphatic rings. The quantitative estimate of drug-likeness (QED) is 0.560. The van der Waals surface area contributed by atoms with Gasteiger partial charge < -0.3 is 9.47 Å². The molecule has 0 fully saturated rings. The summed E-state index contributed by atoms with van der Waals surface area (Å²) in [6.07, 6.45) is 1.84. The van der Waals surface area contributed by atoms with Crippen molar-refractivity contribution in [1.82, 2.24) is 4.98 Å². The molecule has 1 heterocycles. The zero-order chi connectivity index (χ0) is 13.5. The standard InChI is InChI=1S/C12H16ClF2NO2/c1-3-4-5-17-11-9(7-13)10(18-12(14)15)6-8(2)16-11/h6,12H,3-5,7H2,1-2H3. The fourth-order valence-corrected chi connectivity index (χ4v) is 1.64. The Morgan fingerprint density at radius 3 is 2.72 bits per heavy atom. The van der Waals surface area contributed by atoms with Gasteiger partial charge in [0.25, 0.3) is 0 Å². The number of pyridine rings is 1. The van der Waals surface area contributed by atoms with E-state index in [9.17, 15) is 8.78 Å². The minimum atomic E-state index is -2.89. The molecule has 0 unspecified atom stereocenters. The number of alkyl halides is 3. The number of rotatable bonds is 7. The maximum absolute atomic E-state index is 12.3. The molecule has 0 atom stereocenters. The van der Waals surface area contributed by atoms with Gasteiger partial charge in [-0.3, -0.25) is 0 Å². The summed E-state index contributed by atoms with van der Waals surface area (Å²) in [7, 11) is 0. The Morgan fingerprint density at radius 1 is 1.44 bits per heavy atom. The fourth-order valence-electron chi connectivity index (χ4n) is 1.40. The molecule has 1 aromatic rings. The maximum Gasteiger partial charge on any atom is 0.387 e. The van der Waals surface area contributed by atoms with Gasteiger partial charge in [0.1, 0.15) is 5.75 Å². The number of hydrogen-bond acceptors (Lipinski definition) is 3. The van der Waals surface area contributed by atoms with E-state index in [0.29, 0.717) is 17.9 Å². The predicted octanol–water partition coefficient (Wildman–Crippen LogP) is 3.91. The highest BCUT2D eigenvalue weighted by molar-refractivity contribution is 6.17. The average Bonchev–Trinajstić information content (AvgIpc) is 2.28. The first-order valence-corrected chi connectivity index (χ1v) is 6.26. The van der Waals surface area contributed by atoms with Crippen molar-refractivity contribution in [3.63, 3.8) is 0 Å². The summed E-state index contributed by atoms with van der Waals surface area (Å²) < 4.78 is 34.4. The molecule has 0 saturated carbocycles. The number of halogens is 3. The maximum atomic E-state index is 12.3. The first-order valence-electron chi connectivity index (χ1n) is 5.72. The molecule has 0 bridgehead atoms. The second kappa shape index (κ2) is 7.36. The van der Waals surface area contributed by atoms with E-state index in [0.717, 1.165) is 12.8 Å². The molecule has 6 heteroatoms. The summed E-state index contributed by atoms with van der Waals surface area (Å²) in [6.45, 7) is 1.30. The third-order valence-electron chi connectivity index (χ3n) is 2.26. The van der Waals surface area contributed by atoms with Gasteiger partial charge in [-0.15, -0.1) is 11.6 Å². The Labute approximate surface area is 110 Å². The van der Waals surface area contributed by atoms with Crippen LogP contribution in [-0.2, 0) is 5.88 Å². The highest BCUT2D eigenvalue weighted by Crippen LogP contribution is 2.30. The summed E-state index contributed by atoms with van der Waals surface area (Å²) in [5.74, 6) is 0.310. The smallest absolute Gasteiger partial charge is 0.387 e. The van der Waals surface area contributed by atoms with Gasteiger partial charge in [-0.2, -0.15) is 8.78 Å². The molecule has 3 nitrogen and oxygen atoms in total. The third-order valence-corrected chi connectivity index (χ3v) is 2.53. The number of aryl methyl sites for hydroxylation is 1. The summed E-state index contributed by atoms with van der Waals surface area (Å²) in [5.41, 5.74) is 0.907. The lowest BCUT2D eigenvalue weighted by Crippen LogP contribution is -2.08. The Hall–Kier alpha value is -1.10. The van der Waals surface area contributed by atoms with E-state index in [2.05, 4.69) is 9.72 Å². The topological polar surface area (TPSA) is 31.4 Å². The van der Waals surface area contributed by atoms with Crippen molar-refractivity contribution in [2.45, 2.75) is 39.2 Å². The highest BCUT2D eigenvalue weighted by atomic mass is 35.5. The van der Waals surface area contributed by atoms with E-state index >= 15 is 0 Å². The van der Waals surface area contributed by atoms with E-state index in [1.807, 2.05) is 6.92 Å². The van der Waals surface area contributed by atoms with Crippen LogP contribution >= 0.6 is 11.6 Å². The van der Waals surface area contributed by atoms with Crippen molar-refractivity contribution < 1.29 is 18.3 Å². The number of unbranched alkanes of at least 4 members (excludes halogenated alkanes) is 1. The van der Waals surface area contributed by atoms with Crippen LogP contribution in [0.1, 0.15) is 31.0 Å². The number of hydrogen-bond donors (Lipinski definition) is 0. The van der Waals surface area contributed by atoms with Crippen LogP contribution in [0.2, 0.25) is 0 Å². The molecule has 0 N–H and O–H groups in total. The molecule has 1 rings (SSSR count). The minimum Gasteiger partial charge on any atom is -0.477 e. The number of nitrogens with zero attached hydrogens (tertiary/aromatic N) is 1. The van der Waals surface area contributed by atoms with Crippen LogP contribution in [0.4, 0.5) is 8.78 Å². The van der Waals surface area contributed by atoms with Gasteiger partial charge in [-0.25, -0.2) is 4.98 Å². The zero-order valence-electron chi connectivity index (χ0n) is 10.4. The Bertz CT molecular complexity index is 389. The SMILES string of the molecule is CCCCOc1nc(C)cc(OC(F)F)c1CCl. The van der Waals surface area contributed by atoms with E-state index in [1.54, 1.807) is 6.92 Å². The monoisotopic (exact) mass is 279 g/mol. The third kappa shape index (κ3) is 4.29. The molecule has 1 aromatic heterocycles. The van der Waals surface area contributed by atoms with Gasteiger partial charge in [-0.1, -0.05) is 13.3 Å². The highest BCUT2D eigenvalue weighted by Gasteiger charge is 2.16. The second-order valence-electron chi connectivity index (χ2n) is 3.76. The molecule has 102 valence electrons. The minimum absolute atomic E-state index is 0.0107. The molecular weight excluding hydrogens is 264 g/mol. The Kier molecular flexibility index (Phi) is 6.12. The van der Waals surface area contributed by atoms with Gasteiger partial charge in [0.05, 0.1) is 18.1 Å². The van der Waals surface area contributed by atoms with Crippen LogP contribution in [0, 0.1) is 6.92 Å². The number of ether oxygens (including phenoxy) is 2. The summed E-state index contributed by atoms with van der Waals surface area (Å²) in [5, 5.41) is 0. The molecule has 0 spiro atoms. The van der Waals surface area contributed by atoms with Gasteiger partial charge >= 0.3 is 6.61 Å². The van der Waals surface area contributed by atoms with Gasteiger partial charge in [-0.05, 0) is 13.3 Å². The molecule has 0 radical (unpaired) electrons. The van der Waals surface area contributed by atoms with Gasteiger partial charge in [0.2, 0.25) is 5.88 Å². The van der Waals surface area contributed by atoms with Gasteiger partial charge in [0.15, 0.2) is 0 Å². The van der Waals surface area contributed by atoms with Crippen molar-refractivity contribution in [2.75, 3.05) is 6.61 Å². The van der Waals surface area contributed by atoms with E-state index < -0.39 is 6.61 Å². The predicted molar refractivity (Wildman–Crippen MR) is 65.6 cm³/mol. The molecule has 0 aliphatic carbocycles. The van der Waals surface area contributed by atoms with Crippen LogP contribution in [0.15, 0.2) is 6.07 Å². The van der Waals surface area contributed by atoms with Crippen molar-refractivity contribution in [3.05, 3.63) is 17.3 Å². The normalized spacial score (nSPS) is 10.8. The van der Waals surface area contributed by atoms with Crippen LogP contribution in [0.3, 0.4) is 0 Å². The Balaban J connectivity index is 2.96. The molecule has 0 aliphatic heterocycles. The van der Waals surface area contributed by atoms with E-state index in [1.165, 1.54) is 6.07 Å². The lowest BCUT2D eigenvalue weighted by molar-refractivity contribution is -0.0505. The summed E-state index contributed by atoms with van der Waals surface area (Å²) >= 11 is 5.74. The average molecular weight is 280 g/mol. The first kappa shape index (κ1) is 15.0. The van der Waals surface area contributed by atoms with E-state index in [4.69, 9.17) is 16.3 Å². The lowest BCUT2D eigenvalue weighted by atomic mass is 10.2.